The minimum absolute atomic E-state index is 0. The first-order valence-corrected chi connectivity index (χ1v) is 6.75. The molecule has 96 valence electrons. The lowest BCUT2D eigenvalue weighted by Gasteiger charge is -2.41. The van der Waals surface area contributed by atoms with E-state index in [2.05, 4.69) is 23.6 Å². The lowest BCUT2D eigenvalue weighted by molar-refractivity contribution is 0.0796. The van der Waals surface area contributed by atoms with Crippen molar-refractivity contribution in [3.8, 4) is 0 Å². The molecule has 2 heterocycles. The van der Waals surface area contributed by atoms with Crippen LogP contribution >= 0.6 is 0 Å². The number of hydrogen-bond acceptors (Lipinski definition) is 2. The van der Waals surface area contributed by atoms with Gasteiger partial charge >= 0.3 is 0 Å². The summed E-state index contributed by atoms with van der Waals surface area (Å²) in [7, 11) is 0. The SMILES string of the molecule is C.CC(C)N1CCC(N2CCCCC2)CC1. The normalized spacial score (nSPS) is 25.7. The third-order valence-corrected chi connectivity index (χ3v) is 4.14. The summed E-state index contributed by atoms with van der Waals surface area (Å²) >= 11 is 0. The molecule has 0 aromatic heterocycles. The van der Waals surface area contributed by atoms with Crippen LogP contribution < -0.4 is 0 Å². The summed E-state index contributed by atoms with van der Waals surface area (Å²) in [5.41, 5.74) is 0. The molecule has 0 amide bonds. The van der Waals surface area contributed by atoms with Crippen molar-refractivity contribution in [2.45, 2.75) is 65.5 Å². The van der Waals surface area contributed by atoms with Gasteiger partial charge in [-0.3, -0.25) is 0 Å². The smallest absolute Gasteiger partial charge is 0.0120 e. The molecule has 0 N–H and O–H groups in total. The Labute approximate surface area is 102 Å². The van der Waals surface area contributed by atoms with Gasteiger partial charge < -0.3 is 9.80 Å². The molecule has 2 nitrogen and oxygen atoms in total. The zero-order valence-electron chi connectivity index (χ0n) is 10.4. The Kier molecular flexibility index (Phi) is 5.77. The van der Waals surface area contributed by atoms with Crippen LogP contribution in [0.4, 0.5) is 0 Å². The van der Waals surface area contributed by atoms with Gasteiger partial charge in [-0.15, -0.1) is 0 Å². The molecule has 2 rings (SSSR count). The Morgan fingerprint density at radius 1 is 0.875 bits per heavy atom. The monoisotopic (exact) mass is 226 g/mol. The second-order valence-electron chi connectivity index (χ2n) is 5.46. The molecule has 0 aromatic carbocycles. The van der Waals surface area contributed by atoms with Gasteiger partial charge in [-0.2, -0.15) is 0 Å². The van der Waals surface area contributed by atoms with Crippen LogP contribution in [-0.2, 0) is 0 Å². The van der Waals surface area contributed by atoms with Gasteiger partial charge in [0.1, 0.15) is 0 Å². The first-order valence-electron chi connectivity index (χ1n) is 6.75. The molecule has 2 saturated heterocycles. The van der Waals surface area contributed by atoms with Gasteiger partial charge in [0.2, 0.25) is 0 Å². The van der Waals surface area contributed by atoms with Gasteiger partial charge in [0, 0.05) is 12.1 Å². The predicted octanol–water partition coefficient (Wildman–Crippen LogP) is 2.98. The Hall–Kier alpha value is -0.0800. The van der Waals surface area contributed by atoms with Crippen molar-refractivity contribution in [1.82, 2.24) is 9.80 Å². The Morgan fingerprint density at radius 2 is 1.44 bits per heavy atom. The molecule has 0 spiro atoms. The van der Waals surface area contributed by atoms with Crippen molar-refractivity contribution in [3.63, 3.8) is 0 Å². The van der Waals surface area contributed by atoms with Crippen LogP contribution in [0.25, 0.3) is 0 Å². The standard InChI is InChI=1S/C13H26N2.CH4/c1-12(2)14-10-6-13(7-11-14)15-8-4-3-5-9-15;/h12-13H,3-11H2,1-2H3;1H4. The molecule has 0 aromatic rings. The molecule has 2 fully saturated rings. The summed E-state index contributed by atoms with van der Waals surface area (Å²) in [4.78, 5) is 5.38. The second kappa shape index (κ2) is 6.61. The van der Waals surface area contributed by atoms with Crippen molar-refractivity contribution >= 4 is 0 Å². The van der Waals surface area contributed by atoms with Crippen LogP contribution in [0, 0.1) is 0 Å². The van der Waals surface area contributed by atoms with Crippen molar-refractivity contribution in [2.75, 3.05) is 26.2 Å². The summed E-state index contributed by atoms with van der Waals surface area (Å²) < 4.78 is 0. The minimum atomic E-state index is 0. The maximum Gasteiger partial charge on any atom is 0.0120 e. The molecular formula is C14H30N2. The highest BCUT2D eigenvalue weighted by Crippen LogP contribution is 2.21. The number of nitrogens with zero attached hydrogens (tertiary/aromatic N) is 2. The molecule has 0 bridgehead atoms. The van der Waals surface area contributed by atoms with E-state index in [0.717, 1.165) is 12.1 Å². The molecule has 0 radical (unpaired) electrons. The third kappa shape index (κ3) is 3.46. The quantitative estimate of drug-likeness (QED) is 0.714. The predicted molar refractivity (Wildman–Crippen MR) is 71.9 cm³/mol. The lowest BCUT2D eigenvalue weighted by Crippen LogP contribution is -2.48. The van der Waals surface area contributed by atoms with Crippen LogP contribution in [0.3, 0.4) is 0 Å². The van der Waals surface area contributed by atoms with Crippen LogP contribution in [-0.4, -0.2) is 48.1 Å². The Balaban J connectivity index is 0.00000128. The van der Waals surface area contributed by atoms with Gasteiger partial charge in [0.05, 0.1) is 0 Å². The maximum atomic E-state index is 2.75. The van der Waals surface area contributed by atoms with Crippen molar-refractivity contribution < 1.29 is 0 Å². The first kappa shape index (κ1) is 14.0. The van der Waals surface area contributed by atoms with E-state index in [-0.39, 0.29) is 7.43 Å². The van der Waals surface area contributed by atoms with Crippen LogP contribution in [0.5, 0.6) is 0 Å². The van der Waals surface area contributed by atoms with Crippen molar-refractivity contribution in [3.05, 3.63) is 0 Å². The van der Waals surface area contributed by atoms with Gasteiger partial charge in [0.25, 0.3) is 0 Å². The first-order chi connectivity index (χ1) is 7.27. The van der Waals surface area contributed by atoms with E-state index in [0.29, 0.717) is 0 Å². The summed E-state index contributed by atoms with van der Waals surface area (Å²) in [6.07, 6.45) is 7.13. The average molecular weight is 226 g/mol. The summed E-state index contributed by atoms with van der Waals surface area (Å²) in [6.45, 7) is 10.0. The fourth-order valence-corrected chi connectivity index (χ4v) is 3.05. The highest BCUT2D eigenvalue weighted by atomic mass is 15.2. The van der Waals surface area contributed by atoms with E-state index in [1.807, 2.05) is 0 Å². The molecule has 16 heavy (non-hydrogen) atoms. The van der Waals surface area contributed by atoms with Crippen molar-refractivity contribution in [2.24, 2.45) is 0 Å². The topological polar surface area (TPSA) is 6.48 Å². The maximum absolute atomic E-state index is 2.75. The molecule has 0 saturated carbocycles. The number of hydrogen-bond donors (Lipinski definition) is 0. The Morgan fingerprint density at radius 3 is 1.94 bits per heavy atom. The van der Waals surface area contributed by atoms with Crippen LogP contribution in [0.15, 0.2) is 0 Å². The second-order valence-corrected chi connectivity index (χ2v) is 5.46. The summed E-state index contributed by atoms with van der Waals surface area (Å²) in [5, 5.41) is 0. The number of piperidine rings is 2. The summed E-state index contributed by atoms with van der Waals surface area (Å²) in [6, 6.07) is 1.65. The van der Waals surface area contributed by atoms with Crippen LogP contribution in [0.2, 0.25) is 0 Å². The highest BCUT2D eigenvalue weighted by Gasteiger charge is 2.26. The Bertz CT molecular complexity index is 177. The largest absolute Gasteiger partial charge is 0.301 e. The van der Waals surface area contributed by atoms with Crippen molar-refractivity contribution in [1.29, 1.82) is 0 Å². The number of rotatable bonds is 2. The zero-order chi connectivity index (χ0) is 10.7. The third-order valence-electron chi connectivity index (χ3n) is 4.14. The van der Waals surface area contributed by atoms with E-state index in [9.17, 15) is 0 Å². The highest BCUT2D eigenvalue weighted by molar-refractivity contribution is 4.82. The van der Waals surface area contributed by atoms with E-state index < -0.39 is 0 Å². The molecule has 0 atom stereocenters. The van der Waals surface area contributed by atoms with E-state index in [1.165, 1.54) is 58.3 Å². The van der Waals surface area contributed by atoms with Gasteiger partial charge in [0.15, 0.2) is 0 Å². The molecular weight excluding hydrogens is 196 g/mol. The average Bonchev–Trinajstić information content (AvgIpc) is 2.30. The fourth-order valence-electron chi connectivity index (χ4n) is 3.05. The summed E-state index contributed by atoms with van der Waals surface area (Å²) in [5.74, 6) is 0. The van der Waals surface area contributed by atoms with E-state index in [1.54, 1.807) is 0 Å². The molecule has 2 heteroatoms. The zero-order valence-corrected chi connectivity index (χ0v) is 10.4. The van der Waals surface area contributed by atoms with E-state index in [4.69, 9.17) is 0 Å². The number of likely N-dealkylation sites (tertiary alicyclic amines) is 2. The fraction of sp³-hybridized carbons (Fsp3) is 1.00. The van der Waals surface area contributed by atoms with Gasteiger partial charge in [-0.25, -0.2) is 0 Å². The van der Waals surface area contributed by atoms with E-state index >= 15 is 0 Å². The van der Waals surface area contributed by atoms with Gasteiger partial charge in [-0.1, -0.05) is 13.8 Å². The lowest BCUT2D eigenvalue weighted by atomic mass is 9.99. The molecule has 2 aliphatic heterocycles. The molecule has 2 aliphatic rings. The van der Waals surface area contributed by atoms with Crippen LogP contribution in [0.1, 0.15) is 53.4 Å². The molecule has 0 unspecified atom stereocenters. The van der Waals surface area contributed by atoms with Gasteiger partial charge in [-0.05, 0) is 65.7 Å². The molecule has 0 aliphatic carbocycles. The minimum Gasteiger partial charge on any atom is -0.301 e.